The predicted molar refractivity (Wildman–Crippen MR) is 101 cm³/mol. The minimum Gasteiger partial charge on any atom is -0.465 e. The summed E-state index contributed by atoms with van der Waals surface area (Å²) < 4.78 is 45.5. The van der Waals surface area contributed by atoms with Crippen molar-refractivity contribution in [1.82, 2.24) is 14.9 Å². The average molecular weight is 432 g/mol. The smallest absolute Gasteiger partial charge is 0.342 e. The molecule has 1 aromatic carbocycles. The summed E-state index contributed by atoms with van der Waals surface area (Å²) in [6.45, 7) is 4.71. The summed E-state index contributed by atoms with van der Waals surface area (Å²) in [5.74, 6) is -1.94. The molecule has 0 aliphatic carbocycles. The number of carbonyl (C=O) groups excluding carboxylic acids is 1. The fourth-order valence-electron chi connectivity index (χ4n) is 2.55. The zero-order valence-corrected chi connectivity index (χ0v) is 16.8. The lowest BCUT2D eigenvalue weighted by atomic mass is 10.2. The molecular formula is C15H24Cl2FN3O4S. The number of sulfonamides is 1. The molecule has 1 aliphatic rings. The molecule has 11 heteroatoms. The van der Waals surface area contributed by atoms with Crippen molar-refractivity contribution < 1.29 is 22.3 Å². The summed E-state index contributed by atoms with van der Waals surface area (Å²) >= 11 is 0. The Morgan fingerprint density at radius 1 is 1.31 bits per heavy atom. The van der Waals surface area contributed by atoms with Gasteiger partial charge in [0.2, 0.25) is 10.0 Å². The monoisotopic (exact) mass is 431 g/mol. The van der Waals surface area contributed by atoms with Gasteiger partial charge in [-0.25, -0.2) is 22.3 Å². The first-order valence-electron chi connectivity index (χ1n) is 7.75. The fourth-order valence-corrected chi connectivity index (χ4v) is 3.83. The lowest BCUT2D eigenvalue weighted by molar-refractivity contribution is 0.0590. The van der Waals surface area contributed by atoms with E-state index in [-0.39, 0.29) is 31.4 Å². The van der Waals surface area contributed by atoms with Gasteiger partial charge in [0.25, 0.3) is 0 Å². The maximum Gasteiger partial charge on any atom is 0.342 e. The van der Waals surface area contributed by atoms with Crippen LogP contribution in [0.25, 0.3) is 0 Å². The minimum absolute atomic E-state index is 0. The van der Waals surface area contributed by atoms with E-state index in [1.165, 1.54) is 12.1 Å². The quantitative estimate of drug-likeness (QED) is 0.495. The van der Waals surface area contributed by atoms with Crippen molar-refractivity contribution >= 4 is 40.8 Å². The molecule has 7 nitrogen and oxygen atoms in total. The largest absolute Gasteiger partial charge is 0.465 e. The summed E-state index contributed by atoms with van der Waals surface area (Å²) in [5, 5.41) is 3.25. The molecule has 1 saturated heterocycles. The number of ether oxygens (including phenoxy) is 1. The normalized spacial score (nSPS) is 14.8. The number of halogens is 3. The minimum atomic E-state index is -3.99. The number of methoxy groups -OCH3 is 1. The van der Waals surface area contributed by atoms with Gasteiger partial charge in [-0.2, -0.15) is 0 Å². The van der Waals surface area contributed by atoms with Gasteiger partial charge in [0, 0.05) is 32.7 Å². The van der Waals surface area contributed by atoms with Gasteiger partial charge in [-0.1, -0.05) is 6.07 Å². The third-order valence-corrected chi connectivity index (χ3v) is 5.31. The fraction of sp³-hybridized carbons (Fsp3) is 0.533. The molecule has 1 aliphatic heterocycles. The van der Waals surface area contributed by atoms with Crippen LogP contribution in [-0.2, 0) is 14.8 Å². The molecule has 0 amide bonds. The van der Waals surface area contributed by atoms with Crippen LogP contribution in [0.4, 0.5) is 4.39 Å². The predicted octanol–water partition coefficient (Wildman–Crippen LogP) is 1.03. The molecule has 0 aromatic heterocycles. The molecule has 0 bridgehead atoms. The highest BCUT2D eigenvalue weighted by atomic mass is 35.5. The molecule has 0 atom stereocenters. The van der Waals surface area contributed by atoms with Crippen LogP contribution in [0.3, 0.4) is 0 Å². The van der Waals surface area contributed by atoms with Crippen LogP contribution in [0.2, 0.25) is 0 Å². The van der Waals surface area contributed by atoms with Crippen molar-refractivity contribution in [1.29, 1.82) is 0 Å². The number of nitrogens with one attached hydrogen (secondary N) is 2. The Morgan fingerprint density at radius 3 is 2.58 bits per heavy atom. The van der Waals surface area contributed by atoms with E-state index in [1.807, 2.05) is 0 Å². The highest BCUT2D eigenvalue weighted by molar-refractivity contribution is 7.89. The first-order chi connectivity index (χ1) is 11.5. The lowest BCUT2D eigenvalue weighted by Crippen LogP contribution is -2.44. The Hall–Kier alpha value is -0.970. The molecule has 2 N–H and O–H groups in total. The standard InChI is InChI=1S/C15H22FN3O4S.2ClH/c1-23-15(20)14-12(16)4-2-5-13(14)24(21,22)18-6-3-9-19-10-7-17-8-11-19;;/h2,4-5,17-18H,3,6-11H2,1H3;2*1H. The number of hydrogen-bond acceptors (Lipinski definition) is 6. The number of piperazine rings is 1. The maximum atomic E-state index is 13.8. The van der Waals surface area contributed by atoms with Crippen molar-refractivity contribution in [2.75, 3.05) is 46.4 Å². The van der Waals surface area contributed by atoms with Gasteiger partial charge in [0.1, 0.15) is 11.4 Å². The number of carbonyl (C=O) groups is 1. The van der Waals surface area contributed by atoms with E-state index in [4.69, 9.17) is 0 Å². The number of rotatable bonds is 7. The van der Waals surface area contributed by atoms with Crippen LogP contribution in [0.1, 0.15) is 16.8 Å². The zero-order chi connectivity index (χ0) is 17.6. The summed E-state index contributed by atoms with van der Waals surface area (Å²) in [5.41, 5.74) is -0.574. The van der Waals surface area contributed by atoms with Gasteiger partial charge in [-0.05, 0) is 25.1 Å². The van der Waals surface area contributed by atoms with Crippen LogP contribution in [0.5, 0.6) is 0 Å². The molecular weight excluding hydrogens is 408 g/mol. The Balaban J connectivity index is 0.00000312. The van der Waals surface area contributed by atoms with Crippen molar-refractivity contribution in [3.63, 3.8) is 0 Å². The van der Waals surface area contributed by atoms with E-state index >= 15 is 0 Å². The van der Waals surface area contributed by atoms with Gasteiger partial charge in [0.15, 0.2) is 0 Å². The van der Waals surface area contributed by atoms with E-state index in [0.717, 1.165) is 45.9 Å². The molecule has 0 radical (unpaired) electrons. The van der Waals surface area contributed by atoms with Gasteiger partial charge in [0.05, 0.1) is 12.0 Å². The number of esters is 1. The summed E-state index contributed by atoms with van der Waals surface area (Å²) in [7, 11) is -2.92. The van der Waals surface area contributed by atoms with Crippen molar-refractivity contribution in [3.05, 3.63) is 29.6 Å². The van der Waals surface area contributed by atoms with Crippen molar-refractivity contribution in [2.45, 2.75) is 11.3 Å². The number of hydrogen-bond donors (Lipinski definition) is 2. The van der Waals surface area contributed by atoms with Crippen LogP contribution >= 0.6 is 24.8 Å². The summed E-state index contributed by atoms with van der Waals surface area (Å²) in [6.07, 6.45) is 0.627. The topological polar surface area (TPSA) is 87.7 Å². The molecule has 26 heavy (non-hydrogen) atoms. The van der Waals surface area contributed by atoms with E-state index < -0.39 is 32.3 Å². The third-order valence-electron chi connectivity index (χ3n) is 3.81. The summed E-state index contributed by atoms with van der Waals surface area (Å²) in [6, 6.07) is 3.46. The lowest BCUT2D eigenvalue weighted by Gasteiger charge is -2.27. The Bertz CT molecular complexity index is 685. The van der Waals surface area contributed by atoms with Gasteiger partial charge < -0.3 is 15.0 Å². The zero-order valence-electron chi connectivity index (χ0n) is 14.4. The second-order valence-electron chi connectivity index (χ2n) is 5.45. The van der Waals surface area contributed by atoms with E-state index in [0.29, 0.717) is 6.42 Å². The van der Waals surface area contributed by atoms with Crippen LogP contribution < -0.4 is 10.0 Å². The Kier molecular flexibility index (Phi) is 11.2. The second kappa shape index (κ2) is 11.7. The molecule has 1 heterocycles. The first-order valence-corrected chi connectivity index (χ1v) is 9.23. The highest BCUT2D eigenvalue weighted by Crippen LogP contribution is 2.19. The Morgan fingerprint density at radius 2 is 1.96 bits per heavy atom. The highest BCUT2D eigenvalue weighted by Gasteiger charge is 2.26. The van der Waals surface area contributed by atoms with Gasteiger partial charge in [-0.15, -0.1) is 24.8 Å². The van der Waals surface area contributed by atoms with E-state index in [9.17, 15) is 17.6 Å². The number of nitrogens with zero attached hydrogens (tertiary/aromatic N) is 1. The first kappa shape index (κ1) is 25.0. The molecule has 1 aromatic rings. The van der Waals surface area contributed by atoms with E-state index in [1.54, 1.807) is 0 Å². The molecule has 0 unspecified atom stereocenters. The molecule has 0 spiro atoms. The molecule has 1 fully saturated rings. The maximum absolute atomic E-state index is 13.8. The molecule has 0 saturated carbocycles. The second-order valence-corrected chi connectivity index (χ2v) is 7.18. The van der Waals surface area contributed by atoms with Gasteiger partial charge >= 0.3 is 5.97 Å². The van der Waals surface area contributed by atoms with Crippen LogP contribution in [-0.4, -0.2) is 65.7 Å². The van der Waals surface area contributed by atoms with E-state index in [2.05, 4.69) is 19.7 Å². The molecule has 2 rings (SSSR count). The van der Waals surface area contributed by atoms with Crippen molar-refractivity contribution in [2.24, 2.45) is 0 Å². The third kappa shape index (κ3) is 6.64. The Labute approximate surface area is 165 Å². The van der Waals surface area contributed by atoms with Gasteiger partial charge in [-0.3, -0.25) is 0 Å². The van der Waals surface area contributed by atoms with Crippen LogP contribution in [0, 0.1) is 5.82 Å². The number of benzene rings is 1. The molecule has 150 valence electrons. The van der Waals surface area contributed by atoms with Crippen molar-refractivity contribution in [3.8, 4) is 0 Å². The van der Waals surface area contributed by atoms with Crippen LogP contribution in [0.15, 0.2) is 23.1 Å². The summed E-state index contributed by atoms with van der Waals surface area (Å²) in [4.78, 5) is 13.5. The SMILES string of the molecule is COC(=O)c1c(F)cccc1S(=O)(=O)NCCCN1CCNCC1.Cl.Cl. The average Bonchev–Trinajstić information content (AvgIpc) is 2.59.